The number of halogens is 1. The third kappa shape index (κ3) is 6.81. The molecule has 0 unspecified atom stereocenters. The number of para-hydroxylation sites is 1. The molecule has 1 atom stereocenters. The summed E-state index contributed by atoms with van der Waals surface area (Å²) in [4.78, 5) is 44.9. The first kappa shape index (κ1) is 30.1. The number of piperidine rings is 1. The van der Waals surface area contributed by atoms with E-state index in [1.807, 2.05) is 30.5 Å². The summed E-state index contributed by atoms with van der Waals surface area (Å²) in [7, 11) is 0. The van der Waals surface area contributed by atoms with Gasteiger partial charge in [-0.1, -0.05) is 23.4 Å². The molecule has 3 N–H and O–H groups in total. The van der Waals surface area contributed by atoms with Gasteiger partial charge in [-0.25, -0.2) is 9.18 Å². The highest BCUT2D eigenvalue weighted by atomic mass is 19.1. The standard InChI is InChI=1S/C32H38FN5O5/c1-31(2,3)42-30(41)36-32(4,5)29(40)35-25(16-20-18-34-24-9-7-6-8-22(20)24)28(39)38-14-12-19(13-15-38)27-23-11-10-21(33)17-26(23)43-37-27/h6-11,17-19,25,34H,12-16H2,1-5H3,(H,35,40)(H,36,41)/t25-/m1/s1. The summed E-state index contributed by atoms with van der Waals surface area (Å²) < 4.78 is 24.3. The van der Waals surface area contributed by atoms with E-state index in [0.717, 1.165) is 27.5 Å². The summed E-state index contributed by atoms with van der Waals surface area (Å²) in [5, 5.41) is 11.5. The molecular weight excluding hydrogens is 553 g/mol. The maximum absolute atomic E-state index is 14.0. The molecule has 1 aliphatic rings. The first-order chi connectivity index (χ1) is 20.3. The molecule has 1 aliphatic heterocycles. The molecule has 11 heteroatoms. The second kappa shape index (κ2) is 11.7. The zero-order chi connectivity index (χ0) is 30.9. The molecule has 0 saturated carbocycles. The Balaban J connectivity index is 1.32. The second-order valence-corrected chi connectivity index (χ2v) is 12.6. The van der Waals surface area contributed by atoms with E-state index in [-0.39, 0.29) is 24.1 Å². The molecule has 10 nitrogen and oxygen atoms in total. The number of likely N-dealkylation sites (tertiary alicyclic amines) is 1. The van der Waals surface area contributed by atoms with Gasteiger partial charge in [0.15, 0.2) is 5.58 Å². The topological polar surface area (TPSA) is 130 Å². The summed E-state index contributed by atoms with van der Waals surface area (Å²) in [5.41, 5.74) is 0.913. The molecule has 5 rings (SSSR count). The maximum Gasteiger partial charge on any atom is 0.408 e. The molecule has 3 amide bonds. The lowest BCUT2D eigenvalue weighted by Crippen LogP contribution is -2.60. The molecule has 1 fully saturated rings. The van der Waals surface area contributed by atoms with E-state index in [1.54, 1.807) is 45.6 Å². The highest BCUT2D eigenvalue weighted by Gasteiger charge is 2.37. The highest BCUT2D eigenvalue weighted by molar-refractivity contribution is 5.94. The Hall–Kier alpha value is -4.41. The van der Waals surface area contributed by atoms with Crippen molar-refractivity contribution in [3.05, 3.63) is 65.7 Å². The van der Waals surface area contributed by atoms with Gasteiger partial charge in [0.25, 0.3) is 0 Å². The van der Waals surface area contributed by atoms with E-state index in [2.05, 4.69) is 20.8 Å². The number of ether oxygens (including phenoxy) is 1. The number of nitrogens with zero attached hydrogens (tertiary/aromatic N) is 2. The minimum Gasteiger partial charge on any atom is -0.444 e. The van der Waals surface area contributed by atoms with Gasteiger partial charge in [-0.15, -0.1) is 0 Å². The van der Waals surface area contributed by atoms with E-state index in [0.29, 0.717) is 31.5 Å². The van der Waals surface area contributed by atoms with Crippen LogP contribution in [0.2, 0.25) is 0 Å². The van der Waals surface area contributed by atoms with Crippen LogP contribution >= 0.6 is 0 Å². The molecule has 2 aromatic carbocycles. The number of H-pyrrole nitrogens is 1. The summed E-state index contributed by atoms with van der Waals surface area (Å²) in [6, 6.07) is 11.3. The van der Waals surface area contributed by atoms with Crippen LogP contribution in [-0.4, -0.2) is 63.2 Å². The largest absolute Gasteiger partial charge is 0.444 e. The minimum absolute atomic E-state index is 0.0504. The summed E-state index contributed by atoms with van der Waals surface area (Å²) in [5.74, 6) is -1.05. The predicted octanol–water partition coefficient (Wildman–Crippen LogP) is 5.19. The van der Waals surface area contributed by atoms with Gasteiger partial charge in [0.2, 0.25) is 11.8 Å². The Kier molecular flexibility index (Phi) is 8.18. The SMILES string of the molecule is CC(C)(C)OC(=O)NC(C)(C)C(=O)N[C@H](Cc1c[nH]c2ccccc12)C(=O)N1CCC(c2noc3cc(F)ccc23)CC1. The lowest BCUT2D eigenvalue weighted by atomic mass is 9.91. The first-order valence-corrected chi connectivity index (χ1v) is 14.5. The number of aromatic amines is 1. The van der Waals surface area contributed by atoms with E-state index < -0.39 is 29.2 Å². The van der Waals surface area contributed by atoms with Gasteiger partial charge in [0.1, 0.15) is 23.0 Å². The minimum atomic E-state index is -1.35. The van der Waals surface area contributed by atoms with Crippen LogP contribution in [0.3, 0.4) is 0 Å². The fraction of sp³-hybridized carbons (Fsp3) is 0.438. The van der Waals surface area contributed by atoms with Crippen LogP contribution in [0.25, 0.3) is 21.9 Å². The van der Waals surface area contributed by atoms with Crippen LogP contribution in [0.4, 0.5) is 9.18 Å². The van der Waals surface area contributed by atoms with Crippen molar-refractivity contribution in [1.82, 2.24) is 25.7 Å². The number of hydrogen-bond donors (Lipinski definition) is 3. The quantitative estimate of drug-likeness (QED) is 0.271. The van der Waals surface area contributed by atoms with Crippen molar-refractivity contribution >= 4 is 39.8 Å². The number of amides is 3. The van der Waals surface area contributed by atoms with E-state index >= 15 is 0 Å². The average Bonchev–Trinajstić information content (AvgIpc) is 3.55. The Morgan fingerprint density at radius 2 is 1.81 bits per heavy atom. The van der Waals surface area contributed by atoms with Crippen molar-refractivity contribution in [3.8, 4) is 0 Å². The lowest BCUT2D eigenvalue weighted by Gasteiger charge is -2.35. The summed E-state index contributed by atoms with van der Waals surface area (Å²) in [6.07, 6.45) is 2.67. The number of hydrogen-bond acceptors (Lipinski definition) is 6. The van der Waals surface area contributed by atoms with Gasteiger partial charge < -0.3 is 29.8 Å². The van der Waals surface area contributed by atoms with Crippen LogP contribution in [0.15, 0.2) is 53.2 Å². The van der Waals surface area contributed by atoms with Crippen molar-refractivity contribution in [3.63, 3.8) is 0 Å². The monoisotopic (exact) mass is 591 g/mol. The zero-order valence-corrected chi connectivity index (χ0v) is 25.1. The number of fused-ring (bicyclic) bond motifs is 2. The van der Waals surface area contributed by atoms with Crippen LogP contribution < -0.4 is 10.6 Å². The lowest BCUT2D eigenvalue weighted by molar-refractivity contribution is -0.138. The molecule has 2 aromatic heterocycles. The van der Waals surface area contributed by atoms with Crippen LogP contribution in [0.5, 0.6) is 0 Å². The maximum atomic E-state index is 14.0. The van der Waals surface area contributed by atoms with Gasteiger partial charge in [0.05, 0.1) is 5.69 Å². The van der Waals surface area contributed by atoms with Gasteiger partial charge >= 0.3 is 6.09 Å². The number of nitrogens with one attached hydrogen (secondary N) is 3. The van der Waals surface area contributed by atoms with Crippen molar-refractivity contribution in [1.29, 1.82) is 0 Å². The molecule has 4 aromatic rings. The predicted molar refractivity (Wildman–Crippen MR) is 160 cm³/mol. The van der Waals surface area contributed by atoms with Crippen LogP contribution in [0, 0.1) is 5.82 Å². The molecule has 0 spiro atoms. The average molecular weight is 592 g/mol. The first-order valence-electron chi connectivity index (χ1n) is 14.5. The Bertz CT molecular complexity index is 1640. The molecule has 43 heavy (non-hydrogen) atoms. The van der Waals surface area contributed by atoms with Gasteiger partial charge in [-0.3, -0.25) is 9.59 Å². The Morgan fingerprint density at radius 1 is 1.09 bits per heavy atom. The Labute approximate surface area is 249 Å². The Morgan fingerprint density at radius 3 is 2.53 bits per heavy atom. The molecule has 1 saturated heterocycles. The number of carbonyl (C=O) groups excluding carboxylic acids is 3. The van der Waals surface area contributed by atoms with Crippen LogP contribution in [0.1, 0.15) is 64.6 Å². The van der Waals surface area contributed by atoms with Crippen molar-refractivity contribution < 1.29 is 28.0 Å². The smallest absolute Gasteiger partial charge is 0.408 e. The van der Waals surface area contributed by atoms with E-state index in [4.69, 9.17) is 9.26 Å². The van der Waals surface area contributed by atoms with Crippen molar-refractivity contribution in [2.24, 2.45) is 0 Å². The number of alkyl carbamates (subject to hydrolysis) is 1. The van der Waals surface area contributed by atoms with Gasteiger partial charge in [0, 0.05) is 54.0 Å². The summed E-state index contributed by atoms with van der Waals surface area (Å²) >= 11 is 0. The van der Waals surface area contributed by atoms with Gasteiger partial charge in [-0.05, 0) is 71.2 Å². The second-order valence-electron chi connectivity index (χ2n) is 12.6. The third-order valence-corrected chi connectivity index (χ3v) is 7.74. The highest BCUT2D eigenvalue weighted by Crippen LogP contribution is 2.33. The number of rotatable bonds is 7. The van der Waals surface area contributed by atoms with Crippen LogP contribution in [-0.2, 0) is 20.7 Å². The van der Waals surface area contributed by atoms with Gasteiger partial charge in [-0.2, -0.15) is 0 Å². The molecule has 3 heterocycles. The molecule has 0 aliphatic carbocycles. The van der Waals surface area contributed by atoms with Crippen molar-refractivity contribution in [2.45, 2.75) is 77.0 Å². The fourth-order valence-electron chi connectivity index (χ4n) is 5.49. The summed E-state index contributed by atoms with van der Waals surface area (Å²) in [6.45, 7) is 9.27. The molecule has 228 valence electrons. The number of benzene rings is 2. The van der Waals surface area contributed by atoms with E-state index in [1.165, 1.54) is 12.1 Å². The number of aromatic nitrogens is 2. The normalized spacial score (nSPS) is 15.4. The third-order valence-electron chi connectivity index (χ3n) is 7.74. The molecular formula is C32H38FN5O5. The number of carbonyl (C=O) groups is 3. The zero-order valence-electron chi connectivity index (χ0n) is 25.1. The molecule has 0 bridgehead atoms. The molecule has 0 radical (unpaired) electrons. The van der Waals surface area contributed by atoms with E-state index in [9.17, 15) is 18.8 Å². The fourth-order valence-corrected chi connectivity index (χ4v) is 5.49. The van der Waals surface area contributed by atoms with Crippen molar-refractivity contribution in [2.75, 3.05) is 13.1 Å².